The van der Waals surface area contributed by atoms with Gasteiger partial charge in [-0.1, -0.05) is 32.1 Å². The van der Waals surface area contributed by atoms with Gasteiger partial charge in [0.25, 0.3) is 0 Å². The molecule has 1 aromatic rings. The third kappa shape index (κ3) is 4.14. The lowest BCUT2D eigenvalue weighted by atomic mass is 9.98. The fraction of sp³-hybridized carbons (Fsp3) is 0.700. The maximum atomic E-state index is 10.6. The molecule has 1 amide bonds. The van der Waals surface area contributed by atoms with Gasteiger partial charge in [0.05, 0.1) is 0 Å². The number of rotatable bonds is 4. The first-order valence-electron chi connectivity index (χ1n) is 5.22. The molecule has 5 nitrogen and oxygen atoms in total. The van der Waals surface area contributed by atoms with E-state index in [1.54, 1.807) is 11.3 Å². The maximum Gasteiger partial charge on any atom is 0.216 e. The molecule has 0 spiro atoms. The summed E-state index contributed by atoms with van der Waals surface area (Å²) < 4.78 is 0. The lowest BCUT2D eigenvalue weighted by molar-refractivity contribution is -0.118. The van der Waals surface area contributed by atoms with Crippen LogP contribution in [-0.4, -0.2) is 29.2 Å². The number of hydrogen-bond donors (Lipinski definition) is 2. The van der Waals surface area contributed by atoms with Crippen LogP contribution in [0.3, 0.4) is 0 Å². The molecular formula is C10H18N4OS. The second-order valence-corrected chi connectivity index (χ2v) is 5.55. The van der Waals surface area contributed by atoms with E-state index in [1.807, 2.05) is 0 Å². The van der Waals surface area contributed by atoms with E-state index in [1.165, 1.54) is 6.92 Å². The van der Waals surface area contributed by atoms with Crippen LogP contribution in [-0.2, 0) is 10.2 Å². The van der Waals surface area contributed by atoms with Crippen molar-refractivity contribution in [3.63, 3.8) is 0 Å². The smallest absolute Gasteiger partial charge is 0.216 e. The van der Waals surface area contributed by atoms with E-state index in [-0.39, 0.29) is 11.3 Å². The molecule has 16 heavy (non-hydrogen) atoms. The molecule has 0 aromatic carbocycles. The van der Waals surface area contributed by atoms with Gasteiger partial charge in [-0.2, -0.15) is 0 Å². The van der Waals surface area contributed by atoms with E-state index in [9.17, 15) is 4.79 Å². The Morgan fingerprint density at radius 3 is 2.50 bits per heavy atom. The first kappa shape index (κ1) is 12.9. The van der Waals surface area contributed by atoms with Gasteiger partial charge in [0.2, 0.25) is 11.0 Å². The summed E-state index contributed by atoms with van der Waals surface area (Å²) in [7, 11) is 0. The van der Waals surface area contributed by atoms with E-state index in [0.717, 1.165) is 10.1 Å². The zero-order valence-electron chi connectivity index (χ0n) is 10.1. The average Bonchev–Trinajstić information content (AvgIpc) is 2.59. The highest BCUT2D eigenvalue weighted by Gasteiger charge is 2.18. The van der Waals surface area contributed by atoms with Crippen molar-refractivity contribution in [1.29, 1.82) is 0 Å². The van der Waals surface area contributed by atoms with Crippen molar-refractivity contribution in [1.82, 2.24) is 15.5 Å². The molecule has 6 heteroatoms. The molecule has 1 aromatic heterocycles. The molecule has 0 radical (unpaired) electrons. The van der Waals surface area contributed by atoms with Crippen molar-refractivity contribution in [2.45, 2.75) is 33.1 Å². The number of nitrogens with zero attached hydrogens (tertiary/aromatic N) is 2. The molecule has 0 fully saturated rings. The highest BCUT2D eigenvalue weighted by Crippen LogP contribution is 2.27. The van der Waals surface area contributed by atoms with Crippen LogP contribution in [0.4, 0.5) is 5.13 Å². The van der Waals surface area contributed by atoms with Gasteiger partial charge in [0.15, 0.2) is 0 Å². The van der Waals surface area contributed by atoms with Crippen LogP contribution < -0.4 is 10.6 Å². The van der Waals surface area contributed by atoms with Gasteiger partial charge >= 0.3 is 0 Å². The minimum atomic E-state index is -0.0190. The van der Waals surface area contributed by atoms with Crippen LogP contribution in [0, 0.1) is 0 Å². The van der Waals surface area contributed by atoms with Crippen molar-refractivity contribution in [2.24, 2.45) is 0 Å². The van der Waals surface area contributed by atoms with Gasteiger partial charge in [-0.05, 0) is 0 Å². The Kier molecular flexibility index (Phi) is 4.23. The lowest BCUT2D eigenvalue weighted by Crippen LogP contribution is -2.26. The third-order valence-electron chi connectivity index (χ3n) is 1.84. The second-order valence-electron chi connectivity index (χ2n) is 4.57. The van der Waals surface area contributed by atoms with Crippen LogP contribution in [0.5, 0.6) is 0 Å². The summed E-state index contributed by atoms with van der Waals surface area (Å²) in [5, 5.41) is 15.8. The molecular weight excluding hydrogens is 224 g/mol. The highest BCUT2D eigenvalue weighted by atomic mass is 32.1. The fourth-order valence-corrected chi connectivity index (χ4v) is 1.83. The highest BCUT2D eigenvalue weighted by molar-refractivity contribution is 7.15. The van der Waals surface area contributed by atoms with E-state index in [2.05, 4.69) is 41.6 Å². The summed E-state index contributed by atoms with van der Waals surface area (Å²) in [4.78, 5) is 10.6. The monoisotopic (exact) mass is 242 g/mol. The second kappa shape index (κ2) is 5.25. The summed E-state index contributed by atoms with van der Waals surface area (Å²) in [6.45, 7) is 9.08. The van der Waals surface area contributed by atoms with Crippen LogP contribution in [0.2, 0.25) is 0 Å². The van der Waals surface area contributed by atoms with Crippen LogP contribution >= 0.6 is 11.3 Å². The number of hydrogen-bond acceptors (Lipinski definition) is 5. The molecule has 0 aliphatic heterocycles. The fourth-order valence-electron chi connectivity index (χ4n) is 1.01. The third-order valence-corrected chi connectivity index (χ3v) is 3.15. The molecule has 0 unspecified atom stereocenters. The topological polar surface area (TPSA) is 66.9 Å². The zero-order valence-corrected chi connectivity index (χ0v) is 10.9. The van der Waals surface area contributed by atoms with Crippen molar-refractivity contribution < 1.29 is 4.79 Å². The summed E-state index contributed by atoms with van der Waals surface area (Å²) >= 11 is 1.55. The number of anilines is 1. The molecule has 1 heterocycles. The number of nitrogens with one attached hydrogen (secondary N) is 2. The minimum Gasteiger partial charge on any atom is -0.358 e. The molecule has 1 rings (SSSR count). The molecule has 2 N–H and O–H groups in total. The van der Waals surface area contributed by atoms with Gasteiger partial charge in [-0.3, -0.25) is 4.79 Å². The van der Waals surface area contributed by atoms with E-state index >= 15 is 0 Å². The molecule has 90 valence electrons. The van der Waals surface area contributed by atoms with Gasteiger partial charge in [0, 0.05) is 25.4 Å². The van der Waals surface area contributed by atoms with Gasteiger partial charge in [-0.15, -0.1) is 10.2 Å². The maximum absolute atomic E-state index is 10.6. The summed E-state index contributed by atoms with van der Waals surface area (Å²) in [5.41, 5.74) is 0.0369. The quantitative estimate of drug-likeness (QED) is 0.783. The average molecular weight is 242 g/mol. The Morgan fingerprint density at radius 1 is 1.31 bits per heavy atom. The van der Waals surface area contributed by atoms with Crippen LogP contribution in [0.1, 0.15) is 32.7 Å². The van der Waals surface area contributed by atoms with E-state index in [4.69, 9.17) is 0 Å². The molecule has 0 aliphatic carbocycles. The first-order valence-corrected chi connectivity index (χ1v) is 6.03. The largest absolute Gasteiger partial charge is 0.358 e. The minimum absolute atomic E-state index is 0.0190. The lowest BCUT2D eigenvalue weighted by Gasteiger charge is -2.12. The molecule has 0 saturated carbocycles. The Morgan fingerprint density at radius 2 is 2.00 bits per heavy atom. The molecule has 0 saturated heterocycles. The van der Waals surface area contributed by atoms with Crippen LogP contribution in [0.15, 0.2) is 0 Å². The normalized spacial score (nSPS) is 11.2. The van der Waals surface area contributed by atoms with Crippen molar-refractivity contribution >= 4 is 22.4 Å². The molecule has 0 aliphatic rings. The zero-order chi connectivity index (χ0) is 12.2. The van der Waals surface area contributed by atoms with Crippen molar-refractivity contribution in [3.05, 3.63) is 5.01 Å². The van der Waals surface area contributed by atoms with Crippen molar-refractivity contribution in [3.8, 4) is 0 Å². The Balaban J connectivity index is 2.38. The predicted molar refractivity (Wildman–Crippen MR) is 65.8 cm³/mol. The van der Waals surface area contributed by atoms with Gasteiger partial charge in [0.1, 0.15) is 5.01 Å². The SMILES string of the molecule is CC(=O)NCCNc1nnc(C(C)(C)C)s1. The summed E-state index contributed by atoms with van der Waals surface area (Å²) in [6, 6.07) is 0. The Labute approximate surface area is 99.7 Å². The number of amides is 1. The predicted octanol–water partition coefficient (Wildman–Crippen LogP) is 1.38. The van der Waals surface area contributed by atoms with Gasteiger partial charge < -0.3 is 10.6 Å². The first-order chi connectivity index (χ1) is 7.39. The van der Waals surface area contributed by atoms with Crippen LogP contribution in [0.25, 0.3) is 0 Å². The Hall–Kier alpha value is -1.17. The van der Waals surface area contributed by atoms with E-state index < -0.39 is 0 Å². The van der Waals surface area contributed by atoms with Crippen molar-refractivity contribution in [2.75, 3.05) is 18.4 Å². The van der Waals surface area contributed by atoms with Gasteiger partial charge in [-0.25, -0.2) is 0 Å². The molecule has 0 bridgehead atoms. The number of carbonyl (C=O) groups is 1. The number of aromatic nitrogens is 2. The van der Waals surface area contributed by atoms with E-state index in [0.29, 0.717) is 13.1 Å². The Bertz CT molecular complexity index is 356. The molecule has 0 atom stereocenters. The number of carbonyl (C=O) groups excluding carboxylic acids is 1. The summed E-state index contributed by atoms with van der Waals surface area (Å²) in [6.07, 6.45) is 0. The summed E-state index contributed by atoms with van der Waals surface area (Å²) in [5.74, 6) is -0.0190. The standard InChI is InChI=1S/C10H18N4OS/c1-7(15)11-5-6-12-9-14-13-8(16-9)10(2,3)4/h5-6H2,1-4H3,(H,11,15)(H,12,14).